The molecule has 0 atom stereocenters. The van der Waals surface area contributed by atoms with Gasteiger partial charge in [-0.05, 0) is 35.5 Å². The van der Waals surface area contributed by atoms with E-state index in [1.54, 1.807) is 0 Å². The third-order valence-electron chi connectivity index (χ3n) is 3.28. The summed E-state index contributed by atoms with van der Waals surface area (Å²) in [5.41, 5.74) is 0.795. The van der Waals surface area contributed by atoms with Crippen molar-refractivity contribution >= 4 is 0 Å². The Morgan fingerprint density at radius 1 is 0.600 bits per heavy atom. The summed E-state index contributed by atoms with van der Waals surface area (Å²) in [7, 11) is 0. The van der Waals surface area contributed by atoms with Crippen molar-refractivity contribution in [2.24, 2.45) is 16.2 Å². The molecule has 0 aliphatic rings. The molecule has 0 aromatic rings. The maximum absolute atomic E-state index is 2.38. The minimum atomic E-state index is 0.242. The summed E-state index contributed by atoms with van der Waals surface area (Å²) in [6.07, 6.45) is 17.3. The molecule has 0 heteroatoms. The van der Waals surface area contributed by atoms with E-state index in [2.05, 4.69) is 91.8 Å². The topological polar surface area (TPSA) is 0 Å². The molecule has 0 bridgehead atoms. The van der Waals surface area contributed by atoms with E-state index in [1.165, 1.54) is 0 Å². The molecule has 0 aliphatic carbocycles. The largest absolute Gasteiger partial charge is 0.0883 e. The first-order valence-electron chi connectivity index (χ1n) is 8.00. The average molecular weight is 277 g/mol. The van der Waals surface area contributed by atoms with Gasteiger partial charge in [0, 0.05) is 0 Å². The van der Waals surface area contributed by atoms with E-state index in [9.17, 15) is 0 Å². The van der Waals surface area contributed by atoms with Gasteiger partial charge in [0.15, 0.2) is 0 Å². The lowest BCUT2D eigenvalue weighted by atomic mass is 9.84. The molecule has 0 spiro atoms. The first-order valence-corrected chi connectivity index (χ1v) is 8.00. The molecule has 0 nitrogen and oxygen atoms in total. The molecule has 0 radical (unpaired) electrons. The maximum Gasteiger partial charge on any atom is -0.0140 e. The lowest BCUT2D eigenvalue weighted by molar-refractivity contribution is 0.461. The second kappa shape index (κ2) is 7.86. The molecule has 0 saturated carbocycles. The Kier molecular flexibility index (Phi) is 7.55. The summed E-state index contributed by atoms with van der Waals surface area (Å²) in [5, 5.41) is 0. The third kappa shape index (κ3) is 11.1. The standard InChI is InChI=1S/C20H36/c1-9-10-14-19(5,6)16-12-17-20(7,8)15-11-13-18(2,3)4/h10-14,17H,9,15-16H2,1-8H3. The minimum absolute atomic E-state index is 0.242. The van der Waals surface area contributed by atoms with Crippen molar-refractivity contribution in [3.63, 3.8) is 0 Å². The summed E-state index contributed by atoms with van der Waals surface area (Å²) in [6.45, 7) is 18.1. The summed E-state index contributed by atoms with van der Waals surface area (Å²) in [4.78, 5) is 0. The summed E-state index contributed by atoms with van der Waals surface area (Å²) < 4.78 is 0. The summed E-state index contributed by atoms with van der Waals surface area (Å²) in [5.74, 6) is 0. The zero-order valence-electron chi connectivity index (χ0n) is 15.1. The second-order valence-corrected chi connectivity index (χ2v) is 8.37. The highest BCUT2D eigenvalue weighted by Crippen LogP contribution is 2.28. The Bertz CT molecular complexity index is 343. The Balaban J connectivity index is 4.42. The van der Waals surface area contributed by atoms with E-state index in [-0.39, 0.29) is 16.2 Å². The quantitative estimate of drug-likeness (QED) is 0.442. The monoisotopic (exact) mass is 276 g/mol. The lowest BCUT2D eigenvalue weighted by Crippen LogP contribution is -2.09. The Morgan fingerprint density at radius 3 is 1.40 bits per heavy atom. The predicted molar refractivity (Wildman–Crippen MR) is 94.0 cm³/mol. The van der Waals surface area contributed by atoms with Crippen LogP contribution in [-0.4, -0.2) is 0 Å². The van der Waals surface area contributed by atoms with E-state index in [0.29, 0.717) is 0 Å². The minimum Gasteiger partial charge on any atom is -0.0883 e. The molecular weight excluding hydrogens is 240 g/mol. The van der Waals surface area contributed by atoms with Gasteiger partial charge in [0.05, 0.1) is 0 Å². The van der Waals surface area contributed by atoms with E-state index < -0.39 is 0 Å². The fourth-order valence-electron chi connectivity index (χ4n) is 1.97. The molecule has 0 N–H and O–H groups in total. The van der Waals surface area contributed by atoms with Crippen LogP contribution in [0.25, 0.3) is 0 Å². The average Bonchev–Trinajstić information content (AvgIpc) is 2.23. The van der Waals surface area contributed by atoms with Crippen molar-refractivity contribution in [1.29, 1.82) is 0 Å². The van der Waals surface area contributed by atoms with Gasteiger partial charge in [-0.15, -0.1) is 0 Å². The summed E-state index contributed by atoms with van der Waals surface area (Å²) >= 11 is 0. The normalized spacial score (nSPS) is 15.0. The zero-order valence-corrected chi connectivity index (χ0v) is 15.1. The molecule has 0 saturated heterocycles. The van der Waals surface area contributed by atoms with Crippen LogP contribution in [0, 0.1) is 16.2 Å². The van der Waals surface area contributed by atoms with E-state index in [4.69, 9.17) is 0 Å². The highest BCUT2D eigenvalue weighted by Gasteiger charge is 2.15. The van der Waals surface area contributed by atoms with Crippen molar-refractivity contribution in [3.05, 3.63) is 36.5 Å². The molecule has 0 amide bonds. The van der Waals surface area contributed by atoms with Gasteiger partial charge >= 0.3 is 0 Å². The highest BCUT2D eigenvalue weighted by molar-refractivity contribution is 5.05. The van der Waals surface area contributed by atoms with Crippen LogP contribution in [0.5, 0.6) is 0 Å². The molecule has 0 unspecified atom stereocenters. The molecule has 0 aliphatic heterocycles. The first-order chi connectivity index (χ1) is 8.97. The van der Waals surface area contributed by atoms with Crippen molar-refractivity contribution in [2.45, 2.75) is 74.7 Å². The smallest absolute Gasteiger partial charge is 0.0140 e. The molecule has 0 aromatic heterocycles. The lowest BCUT2D eigenvalue weighted by Gasteiger charge is -2.22. The zero-order chi connectivity index (χ0) is 15.9. The first kappa shape index (κ1) is 19.2. The second-order valence-electron chi connectivity index (χ2n) is 8.37. The van der Waals surface area contributed by atoms with Crippen molar-refractivity contribution < 1.29 is 0 Å². The van der Waals surface area contributed by atoms with Crippen LogP contribution in [0.2, 0.25) is 0 Å². The van der Waals surface area contributed by atoms with Crippen molar-refractivity contribution in [1.82, 2.24) is 0 Å². The van der Waals surface area contributed by atoms with Gasteiger partial charge in [-0.1, -0.05) is 91.8 Å². The Hall–Kier alpha value is -0.780. The number of allylic oxidation sites excluding steroid dienone is 6. The number of hydrogen-bond acceptors (Lipinski definition) is 0. The van der Waals surface area contributed by atoms with Crippen LogP contribution in [0.3, 0.4) is 0 Å². The Morgan fingerprint density at radius 2 is 1.00 bits per heavy atom. The van der Waals surface area contributed by atoms with Gasteiger partial charge in [0.25, 0.3) is 0 Å². The van der Waals surface area contributed by atoms with Gasteiger partial charge in [-0.25, -0.2) is 0 Å². The van der Waals surface area contributed by atoms with Gasteiger partial charge in [-0.2, -0.15) is 0 Å². The summed E-state index contributed by atoms with van der Waals surface area (Å²) in [6, 6.07) is 0. The van der Waals surface area contributed by atoms with Crippen LogP contribution >= 0.6 is 0 Å². The Labute approximate surface area is 128 Å². The van der Waals surface area contributed by atoms with Crippen LogP contribution in [0.15, 0.2) is 36.5 Å². The third-order valence-corrected chi connectivity index (χ3v) is 3.28. The molecular formula is C20H36. The SMILES string of the molecule is CCC=CC(C)(C)CC=CC(C)(C)CC=CC(C)(C)C. The molecule has 0 aromatic carbocycles. The highest BCUT2D eigenvalue weighted by atomic mass is 14.2. The van der Waals surface area contributed by atoms with Gasteiger partial charge in [0.1, 0.15) is 0 Å². The molecule has 0 rings (SSSR count). The van der Waals surface area contributed by atoms with Crippen molar-refractivity contribution in [3.8, 4) is 0 Å². The van der Waals surface area contributed by atoms with Gasteiger partial charge in [0.2, 0.25) is 0 Å². The fourth-order valence-corrected chi connectivity index (χ4v) is 1.97. The van der Waals surface area contributed by atoms with Gasteiger partial charge < -0.3 is 0 Å². The van der Waals surface area contributed by atoms with E-state index >= 15 is 0 Å². The van der Waals surface area contributed by atoms with E-state index in [1.807, 2.05) is 0 Å². The van der Waals surface area contributed by atoms with E-state index in [0.717, 1.165) is 19.3 Å². The maximum atomic E-state index is 2.38. The molecule has 0 fully saturated rings. The van der Waals surface area contributed by atoms with Crippen LogP contribution in [0.1, 0.15) is 74.7 Å². The van der Waals surface area contributed by atoms with Crippen molar-refractivity contribution in [2.75, 3.05) is 0 Å². The molecule has 20 heavy (non-hydrogen) atoms. The van der Waals surface area contributed by atoms with Crippen LogP contribution < -0.4 is 0 Å². The van der Waals surface area contributed by atoms with Crippen LogP contribution in [-0.2, 0) is 0 Å². The fraction of sp³-hybridized carbons (Fsp3) is 0.700. The number of rotatable bonds is 7. The molecule has 116 valence electrons. The number of hydrogen-bond donors (Lipinski definition) is 0. The van der Waals surface area contributed by atoms with Crippen LogP contribution in [0.4, 0.5) is 0 Å². The molecule has 0 heterocycles. The predicted octanol–water partition coefficient (Wildman–Crippen LogP) is 6.94. The van der Waals surface area contributed by atoms with Gasteiger partial charge in [-0.3, -0.25) is 0 Å².